The number of ether oxygens (including phenoxy) is 1. The van der Waals surface area contributed by atoms with E-state index >= 15 is 0 Å². The Balaban J connectivity index is 1.65. The zero-order valence-corrected chi connectivity index (χ0v) is 15.1. The Morgan fingerprint density at radius 1 is 1.19 bits per heavy atom. The molecule has 2 heterocycles. The standard InChI is InChI=1S/C20H15ClN4O2/c1-13-4-2-5-15(10-13)27-18-7-6-14(21)11-17(18)24-20(26)16-12-23-25-9-3-8-22-19(16)25/h2-12H,1H3,(H,24,26). The molecule has 0 spiro atoms. The minimum Gasteiger partial charge on any atom is -0.455 e. The summed E-state index contributed by atoms with van der Waals surface area (Å²) >= 11 is 6.11. The number of hydrogen-bond donors (Lipinski definition) is 1. The number of carbonyl (C=O) groups excluding carboxylic acids is 1. The first-order chi connectivity index (χ1) is 13.1. The van der Waals surface area contributed by atoms with Crippen LogP contribution in [0.25, 0.3) is 5.65 Å². The number of hydrogen-bond acceptors (Lipinski definition) is 4. The molecule has 0 atom stereocenters. The fourth-order valence-corrected chi connectivity index (χ4v) is 2.84. The number of carbonyl (C=O) groups is 1. The van der Waals surface area contributed by atoms with Crippen LogP contribution < -0.4 is 10.1 Å². The molecule has 2 aromatic carbocycles. The van der Waals surface area contributed by atoms with Crippen LogP contribution in [0.1, 0.15) is 15.9 Å². The number of anilines is 1. The Bertz CT molecular complexity index is 1140. The molecule has 0 unspecified atom stereocenters. The molecule has 2 aromatic heterocycles. The highest BCUT2D eigenvalue weighted by Gasteiger charge is 2.16. The van der Waals surface area contributed by atoms with E-state index in [9.17, 15) is 4.79 Å². The second-order valence-corrected chi connectivity index (χ2v) is 6.40. The zero-order valence-electron chi connectivity index (χ0n) is 14.4. The second-order valence-electron chi connectivity index (χ2n) is 5.96. The van der Waals surface area contributed by atoms with Crippen molar-refractivity contribution in [3.05, 3.63) is 83.3 Å². The highest BCUT2D eigenvalue weighted by Crippen LogP contribution is 2.32. The van der Waals surface area contributed by atoms with Gasteiger partial charge in [0, 0.05) is 17.4 Å². The van der Waals surface area contributed by atoms with Crippen LogP contribution in [0.2, 0.25) is 5.02 Å². The van der Waals surface area contributed by atoms with Crippen LogP contribution in [-0.4, -0.2) is 20.5 Å². The van der Waals surface area contributed by atoms with Crippen molar-refractivity contribution in [2.24, 2.45) is 0 Å². The van der Waals surface area contributed by atoms with Gasteiger partial charge < -0.3 is 10.1 Å². The van der Waals surface area contributed by atoms with Crippen LogP contribution in [0.15, 0.2) is 67.1 Å². The first kappa shape index (κ1) is 17.1. The van der Waals surface area contributed by atoms with E-state index in [-0.39, 0.29) is 5.91 Å². The third-order valence-electron chi connectivity index (χ3n) is 3.93. The predicted molar refractivity (Wildman–Crippen MR) is 104 cm³/mol. The second kappa shape index (κ2) is 7.09. The molecule has 0 saturated heterocycles. The van der Waals surface area contributed by atoms with E-state index in [0.29, 0.717) is 33.4 Å². The van der Waals surface area contributed by atoms with E-state index in [0.717, 1.165) is 5.56 Å². The predicted octanol–water partition coefficient (Wildman–Crippen LogP) is 4.74. The molecule has 0 radical (unpaired) electrons. The molecule has 27 heavy (non-hydrogen) atoms. The lowest BCUT2D eigenvalue weighted by Crippen LogP contribution is -2.12. The van der Waals surface area contributed by atoms with Gasteiger partial charge in [-0.15, -0.1) is 0 Å². The largest absolute Gasteiger partial charge is 0.455 e. The summed E-state index contributed by atoms with van der Waals surface area (Å²) in [5.41, 5.74) is 2.36. The fourth-order valence-electron chi connectivity index (χ4n) is 2.67. The Labute approximate surface area is 160 Å². The van der Waals surface area contributed by atoms with Crippen LogP contribution in [0.5, 0.6) is 11.5 Å². The number of amides is 1. The van der Waals surface area contributed by atoms with Crippen molar-refractivity contribution < 1.29 is 9.53 Å². The molecule has 0 aliphatic carbocycles. The maximum Gasteiger partial charge on any atom is 0.261 e. The number of rotatable bonds is 4. The number of benzene rings is 2. The Morgan fingerprint density at radius 3 is 2.93 bits per heavy atom. The summed E-state index contributed by atoms with van der Waals surface area (Å²) in [6.07, 6.45) is 4.81. The van der Waals surface area contributed by atoms with E-state index < -0.39 is 0 Å². The van der Waals surface area contributed by atoms with Crippen LogP contribution in [-0.2, 0) is 0 Å². The van der Waals surface area contributed by atoms with Crippen molar-refractivity contribution in [2.45, 2.75) is 6.92 Å². The molecule has 7 heteroatoms. The Morgan fingerprint density at radius 2 is 2.07 bits per heavy atom. The van der Waals surface area contributed by atoms with Crippen LogP contribution in [0, 0.1) is 6.92 Å². The molecule has 4 rings (SSSR count). The van der Waals surface area contributed by atoms with Crippen molar-refractivity contribution in [1.82, 2.24) is 14.6 Å². The Kier molecular flexibility index (Phi) is 4.48. The zero-order chi connectivity index (χ0) is 18.8. The highest BCUT2D eigenvalue weighted by atomic mass is 35.5. The van der Waals surface area contributed by atoms with Crippen molar-refractivity contribution >= 4 is 28.8 Å². The van der Waals surface area contributed by atoms with E-state index in [4.69, 9.17) is 16.3 Å². The summed E-state index contributed by atoms with van der Waals surface area (Å²) in [7, 11) is 0. The Hall–Kier alpha value is -3.38. The maximum absolute atomic E-state index is 12.8. The lowest BCUT2D eigenvalue weighted by molar-refractivity contribution is 0.102. The number of aryl methyl sites for hydroxylation is 1. The summed E-state index contributed by atoms with van der Waals surface area (Å²) in [5.74, 6) is 0.813. The van der Waals surface area contributed by atoms with E-state index in [1.54, 1.807) is 36.7 Å². The number of aromatic nitrogens is 3. The van der Waals surface area contributed by atoms with Crippen LogP contribution in [0.4, 0.5) is 5.69 Å². The summed E-state index contributed by atoms with van der Waals surface area (Å²) in [6.45, 7) is 1.98. The van der Waals surface area contributed by atoms with Gasteiger partial charge in [0.2, 0.25) is 0 Å². The summed E-state index contributed by atoms with van der Waals surface area (Å²) < 4.78 is 7.48. The van der Waals surface area contributed by atoms with Gasteiger partial charge in [-0.25, -0.2) is 9.50 Å². The van der Waals surface area contributed by atoms with Gasteiger partial charge in [-0.1, -0.05) is 23.7 Å². The van der Waals surface area contributed by atoms with Crippen molar-refractivity contribution in [3.8, 4) is 11.5 Å². The molecule has 0 fully saturated rings. The van der Waals surface area contributed by atoms with E-state index in [2.05, 4.69) is 15.4 Å². The van der Waals surface area contributed by atoms with Crippen molar-refractivity contribution in [3.63, 3.8) is 0 Å². The molecule has 0 bridgehead atoms. The molecule has 4 aromatic rings. The van der Waals surface area contributed by atoms with Gasteiger partial charge in [-0.2, -0.15) is 5.10 Å². The third kappa shape index (κ3) is 3.61. The van der Waals surface area contributed by atoms with Crippen molar-refractivity contribution in [2.75, 3.05) is 5.32 Å². The van der Waals surface area contributed by atoms with Gasteiger partial charge in [0.25, 0.3) is 5.91 Å². The number of nitrogens with one attached hydrogen (secondary N) is 1. The molecular formula is C20H15ClN4O2. The van der Waals surface area contributed by atoms with Gasteiger partial charge in [0.05, 0.1) is 11.9 Å². The third-order valence-corrected chi connectivity index (χ3v) is 4.17. The first-order valence-electron chi connectivity index (χ1n) is 8.24. The number of nitrogens with zero attached hydrogens (tertiary/aromatic N) is 3. The molecule has 1 amide bonds. The minimum atomic E-state index is -0.347. The lowest BCUT2D eigenvalue weighted by Gasteiger charge is -2.13. The normalized spacial score (nSPS) is 10.7. The molecule has 0 saturated carbocycles. The molecule has 1 N–H and O–H groups in total. The summed E-state index contributed by atoms with van der Waals surface area (Å²) in [5, 5.41) is 7.46. The topological polar surface area (TPSA) is 68.5 Å². The SMILES string of the molecule is Cc1cccc(Oc2ccc(Cl)cc2NC(=O)c2cnn3cccnc23)c1. The van der Waals surface area contributed by atoms with E-state index in [1.165, 1.54) is 10.7 Å². The van der Waals surface area contributed by atoms with Gasteiger partial charge in [-0.05, 0) is 48.9 Å². The monoisotopic (exact) mass is 378 g/mol. The van der Waals surface area contributed by atoms with Crippen LogP contribution >= 0.6 is 11.6 Å². The highest BCUT2D eigenvalue weighted by molar-refractivity contribution is 6.31. The summed E-state index contributed by atoms with van der Waals surface area (Å²) in [6, 6.07) is 14.5. The van der Waals surface area contributed by atoms with Crippen molar-refractivity contribution in [1.29, 1.82) is 0 Å². The fraction of sp³-hybridized carbons (Fsp3) is 0.0500. The number of fused-ring (bicyclic) bond motifs is 1. The quantitative estimate of drug-likeness (QED) is 0.557. The lowest BCUT2D eigenvalue weighted by atomic mass is 10.2. The summed E-state index contributed by atoms with van der Waals surface area (Å²) in [4.78, 5) is 17.0. The molecule has 134 valence electrons. The van der Waals surface area contributed by atoms with Gasteiger partial charge >= 0.3 is 0 Å². The van der Waals surface area contributed by atoms with Gasteiger partial charge in [0.1, 0.15) is 11.3 Å². The first-order valence-corrected chi connectivity index (χ1v) is 8.62. The average Bonchev–Trinajstić information content (AvgIpc) is 3.08. The molecular weight excluding hydrogens is 364 g/mol. The molecule has 0 aliphatic heterocycles. The van der Waals surface area contributed by atoms with Gasteiger partial charge in [0.15, 0.2) is 11.4 Å². The molecule has 6 nitrogen and oxygen atoms in total. The number of halogens is 1. The average molecular weight is 379 g/mol. The van der Waals surface area contributed by atoms with Gasteiger partial charge in [-0.3, -0.25) is 4.79 Å². The smallest absolute Gasteiger partial charge is 0.261 e. The minimum absolute atomic E-state index is 0.347. The molecule has 0 aliphatic rings. The maximum atomic E-state index is 12.8. The van der Waals surface area contributed by atoms with Crippen LogP contribution in [0.3, 0.4) is 0 Å². The van der Waals surface area contributed by atoms with E-state index in [1.807, 2.05) is 31.2 Å².